The monoisotopic (exact) mass is 375 g/mol. The molecule has 1 amide bonds. The molecule has 1 heterocycles. The maximum atomic E-state index is 11.9. The Morgan fingerprint density at radius 2 is 2.17 bits per heavy atom. The van der Waals surface area contributed by atoms with Crippen molar-refractivity contribution < 1.29 is 9.21 Å². The number of furan rings is 1. The molecule has 18 heavy (non-hydrogen) atoms. The lowest BCUT2D eigenvalue weighted by molar-refractivity contribution is 0.0948. The van der Waals surface area contributed by atoms with Gasteiger partial charge in [0.2, 0.25) is 0 Å². The van der Waals surface area contributed by atoms with Gasteiger partial charge in [-0.3, -0.25) is 4.79 Å². The number of rotatable bonds is 3. The second-order valence-corrected chi connectivity index (χ2v) is 5.39. The third kappa shape index (κ3) is 3.26. The van der Waals surface area contributed by atoms with E-state index in [1.165, 1.54) is 0 Å². The molecule has 0 saturated heterocycles. The summed E-state index contributed by atoms with van der Waals surface area (Å²) in [7, 11) is 0. The average Bonchev–Trinajstić information content (AvgIpc) is 2.75. The van der Waals surface area contributed by atoms with Gasteiger partial charge in [-0.1, -0.05) is 11.6 Å². The summed E-state index contributed by atoms with van der Waals surface area (Å²) in [6, 6.07) is 8.93. The summed E-state index contributed by atoms with van der Waals surface area (Å²) >= 11 is 8.09. The highest BCUT2D eigenvalue weighted by atomic mass is 127. The fraction of sp³-hybridized carbons (Fsp3) is 0.154. The van der Waals surface area contributed by atoms with Gasteiger partial charge in [0.25, 0.3) is 5.91 Å². The maximum Gasteiger partial charge on any atom is 0.251 e. The van der Waals surface area contributed by atoms with Crippen molar-refractivity contribution in [3.05, 3.63) is 56.0 Å². The maximum absolute atomic E-state index is 11.9. The molecule has 0 unspecified atom stereocenters. The van der Waals surface area contributed by atoms with E-state index in [1.54, 1.807) is 12.1 Å². The van der Waals surface area contributed by atoms with Crippen LogP contribution in [0.25, 0.3) is 0 Å². The number of hydrogen-bond acceptors (Lipinski definition) is 2. The fourth-order valence-electron chi connectivity index (χ4n) is 1.49. The van der Waals surface area contributed by atoms with Crippen molar-refractivity contribution in [2.24, 2.45) is 0 Å². The van der Waals surface area contributed by atoms with Gasteiger partial charge < -0.3 is 9.73 Å². The third-order valence-electron chi connectivity index (χ3n) is 2.40. The summed E-state index contributed by atoms with van der Waals surface area (Å²) in [5.41, 5.74) is 0.545. The molecule has 1 aromatic heterocycles. The van der Waals surface area contributed by atoms with E-state index in [9.17, 15) is 4.79 Å². The van der Waals surface area contributed by atoms with Crippen molar-refractivity contribution in [2.75, 3.05) is 0 Å². The Kier molecular flexibility index (Phi) is 4.29. The van der Waals surface area contributed by atoms with Gasteiger partial charge in [0.05, 0.1) is 11.6 Å². The topological polar surface area (TPSA) is 42.2 Å². The molecule has 0 aliphatic rings. The van der Waals surface area contributed by atoms with Gasteiger partial charge in [-0.05, 0) is 59.8 Å². The SMILES string of the molecule is Cc1ccc(CNC(=O)c2ccc(I)c(Cl)c2)o1. The van der Waals surface area contributed by atoms with Crippen LogP contribution in [0.4, 0.5) is 0 Å². The lowest BCUT2D eigenvalue weighted by Crippen LogP contribution is -2.22. The zero-order valence-corrected chi connectivity index (χ0v) is 12.6. The fourth-order valence-corrected chi connectivity index (χ4v) is 2.00. The van der Waals surface area contributed by atoms with E-state index in [4.69, 9.17) is 16.0 Å². The summed E-state index contributed by atoms with van der Waals surface area (Å²) in [6.07, 6.45) is 0. The lowest BCUT2D eigenvalue weighted by Gasteiger charge is -2.04. The number of carbonyl (C=O) groups is 1. The van der Waals surface area contributed by atoms with Crippen LogP contribution in [0.1, 0.15) is 21.9 Å². The van der Waals surface area contributed by atoms with Gasteiger partial charge in [-0.15, -0.1) is 0 Å². The van der Waals surface area contributed by atoms with E-state index >= 15 is 0 Å². The minimum Gasteiger partial charge on any atom is -0.465 e. The Morgan fingerprint density at radius 1 is 1.39 bits per heavy atom. The van der Waals surface area contributed by atoms with Crippen LogP contribution in [-0.2, 0) is 6.54 Å². The molecule has 0 atom stereocenters. The molecule has 5 heteroatoms. The molecule has 2 rings (SSSR count). The van der Waals surface area contributed by atoms with Gasteiger partial charge in [0.1, 0.15) is 11.5 Å². The lowest BCUT2D eigenvalue weighted by atomic mass is 10.2. The molecule has 0 saturated carbocycles. The predicted molar refractivity (Wildman–Crippen MR) is 78.8 cm³/mol. The van der Waals surface area contributed by atoms with Crippen LogP contribution in [0.5, 0.6) is 0 Å². The molecule has 1 aromatic carbocycles. The Labute approximate surface area is 124 Å². The van der Waals surface area contributed by atoms with E-state index < -0.39 is 0 Å². The van der Waals surface area contributed by atoms with Crippen LogP contribution >= 0.6 is 34.2 Å². The molecule has 0 radical (unpaired) electrons. The van der Waals surface area contributed by atoms with Gasteiger partial charge >= 0.3 is 0 Å². The second-order valence-electron chi connectivity index (χ2n) is 3.82. The van der Waals surface area contributed by atoms with Crippen molar-refractivity contribution in [3.8, 4) is 0 Å². The number of hydrogen-bond donors (Lipinski definition) is 1. The Morgan fingerprint density at radius 3 is 2.78 bits per heavy atom. The Bertz CT molecular complexity index is 580. The molecule has 2 aromatic rings. The molecule has 1 N–H and O–H groups in total. The zero-order valence-electron chi connectivity index (χ0n) is 9.67. The third-order valence-corrected chi connectivity index (χ3v) is 3.97. The van der Waals surface area contributed by atoms with Crippen molar-refractivity contribution in [3.63, 3.8) is 0 Å². The standard InChI is InChI=1S/C13H11ClINO2/c1-8-2-4-10(18-8)7-16-13(17)9-3-5-12(15)11(14)6-9/h2-6H,7H2,1H3,(H,16,17). The van der Waals surface area contributed by atoms with E-state index in [1.807, 2.05) is 25.1 Å². The number of amides is 1. The van der Waals surface area contributed by atoms with Crippen molar-refractivity contribution in [1.82, 2.24) is 5.32 Å². The predicted octanol–water partition coefficient (Wildman–Crippen LogP) is 3.78. The van der Waals surface area contributed by atoms with E-state index in [0.717, 1.165) is 15.1 Å². The first kappa shape index (κ1) is 13.4. The molecule has 0 aliphatic carbocycles. The molecule has 0 fully saturated rings. The first-order valence-electron chi connectivity index (χ1n) is 5.35. The van der Waals surface area contributed by atoms with Crippen LogP contribution in [0.2, 0.25) is 5.02 Å². The van der Waals surface area contributed by atoms with Crippen molar-refractivity contribution in [2.45, 2.75) is 13.5 Å². The second kappa shape index (κ2) is 5.75. The van der Waals surface area contributed by atoms with Crippen LogP contribution < -0.4 is 5.32 Å². The summed E-state index contributed by atoms with van der Waals surface area (Å²) in [6.45, 7) is 2.24. The zero-order chi connectivity index (χ0) is 13.1. The van der Waals surface area contributed by atoms with Gasteiger partial charge in [0.15, 0.2) is 0 Å². The van der Waals surface area contributed by atoms with Crippen LogP contribution in [-0.4, -0.2) is 5.91 Å². The normalized spacial score (nSPS) is 10.4. The van der Waals surface area contributed by atoms with Crippen molar-refractivity contribution >= 4 is 40.1 Å². The molecule has 94 valence electrons. The van der Waals surface area contributed by atoms with Crippen LogP contribution in [0.15, 0.2) is 34.7 Å². The summed E-state index contributed by atoms with van der Waals surface area (Å²) in [5.74, 6) is 1.40. The highest BCUT2D eigenvalue weighted by molar-refractivity contribution is 14.1. The quantitative estimate of drug-likeness (QED) is 0.830. The molecule has 0 spiro atoms. The molecular formula is C13H11ClINO2. The average molecular weight is 376 g/mol. The summed E-state index contributed by atoms with van der Waals surface area (Å²) in [4.78, 5) is 11.9. The minimum atomic E-state index is -0.164. The summed E-state index contributed by atoms with van der Waals surface area (Å²) in [5, 5.41) is 3.36. The smallest absolute Gasteiger partial charge is 0.251 e. The number of carbonyl (C=O) groups excluding carboxylic acids is 1. The van der Waals surface area contributed by atoms with Gasteiger partial charge in [-0.2, -0.15) is 0 Å². The van der Waals surface area contributed by atoms with Crippen LogP contribution in [0, 0.1) is 10.5 Å². The van der Waals surface area contributed by atoms with E-state index in [0.29, 0.717) is 17.1 Å². The van der Waals surface area contributed by atoms with Crippen molar-refractivity contribution in [1.29, 1.82) is 0 Å². The highest BCUT2D eigenvalue weighted by Crippen LogP contribution is 2.19. The Hall–Kier alpha value is -1.01. The summed E-state index contributed by atoms with van der Waals surface area (Å²) < 4.78 is 6.29. The number of halogens is 2. The van der Waals surface area contributed by atoms with Gasteiger partial charge in [-0.25, -0.2) is 0 Å². The molecule has 0 aliphatic heterocycles. The highest BCUT2D eigenvalue weighted by Gasteiger charge is 2.08. The number of benzene rings is 1. The molecule has 3 nitrogen and oxygen atoms in total. The van der Waals surface area contributed by atoms with E-state index in [-0.39, 0.29) is 5.91 Å². The number of nitrogens with one attached hydrogen (secondary N) is 1. The first-order chi connectivity index (χ1) is 8.56. The molecular weight excluding hydrogens is 365 g/mol. The minimum absolute atomic E-state index is 0.164. The molecule has 0 bridgehead atoms. The Balaban J connectivity index is 2.01. The number of aryl methyl sites for hydroxylation is 1. The first-order valence-corrected chi connectivity index (χ1v) is 6.80. The van der Waals surface area contributed by atoms with Crippen LogP contribution in [0.3, 0.4) is 0 Å². The largest absolute Gasteiger partial charge is 0.465 e. The van der Waals surface area contributed by atoms with E-state index in [2.05, 4.69) is 27.9 Å². The van der Waals surface area contributed by atoms with Gasteiger partial charge in [0, 0.05) is 9.13 Å².